The van der Waals surface area contributed by atoms with Crippen LogP contribution >= 0.6 is 0 Å². The van der Waals surface area contributed by atoms with Gasteiger partial charge < -0.3 is 9.88 Å². The van der Waals surface area contributed by atoms with E-state index in [1.54, 1.807) is 22.9 Å². The Balaban J connectivity index is 1.69. The van der Waals surface area contributed by atoms with E-state index in [-0.39, 0.29) is 17.0 Å². The molecule has 0 aliphatic heterocycles. The van der Waals surface area contributed by atoms with Gasteiger partial charge in [0.05, 0.1) is 6.54 Å². The van der Waals surface area contributed by atoms with Gasteiger partial charge in [0.25, 0.3) is 11.5 Å². The zero-order chi connectivity index (χ0) is 17.6. The monoisotopic (exact) mass is 338 g/mol. The Morgan fingerprint density at radius 3 is 2.72 bits per heavy atom. The smallest absolute Gasteiger partial charge is 0.263 e. The molecule has 0 atom stereocenters. The minimum Gasteiger partial charge on any atom is -0.352 e. The number of hydrogen-bond acceptors (Lipinski definition) is 2. The van der Waals surface area contributed by atoms with Gasteiger partial charge >= 0.3 is 0 Å². The third kappa shape index (κ3) is 4.59. The van der Waals surface area contributed by atoms with Gasteiger partial charge in [-0.25, -0.2) is 0 Å². The number of pyridine rings is 1. The normalized spacial score (nSPS) is 15.1. The second-order valence-electron chi connectivity index (χ2n) is 7.06. The van der Waals surface area contributed by atoms with Gasteiger partial charge in [0, 0.05) is 12.7 Å². The van der Waals surface area contributed by atoms with Crippen LogP contribution in [0.4, 0.5) is 0 Å². The molecule has 1 N–H and O–H groups in total. The van der Waals surface area contributed by atoms with E-state index >= 15 is 0 Å². The number of amides is 1. The van der Waals surface area contributed by atoms with Crippen LogP contribution < -0.4 is 10.9 Å². The van der Waals surface area contributed by atoms with Crippen molar-refractivity contribution in [3.05, 3.63) is 69.6 Å². The fourth-order valence-electron chi connectivity index (χ4n) is 3.56. The summed E-state index contributed by atoms with van der Waals surface area (Å²) in [6.45, 7) is 3.18. The highest BCUT2D eigenvalue weighted by Crippen LogP contribution is 2.22. The van der Waals surface area contributed by atoms with Crippen LogP contribution in [0.15, 0.2) is 47.4 Å². The first-order valence-corrected chi connectivity index (χ1v) is 9.16. The lowest BCUT2D eigenvalue weighted by atomic mass is 9.89. The van der Waals surface area contributed by atoms with Crippen molar-refractivity contribution < 1.29 is 4.79 Å². The minimum atomic E-state index is -0.255. The zero-order valence-electron chi connectivity index (χ0n) is 14.8. The number of carbonyl (C=O) groups excluding carboxylic acids is 1. The second-order valence-corrected chi connectivity index (χ2v) is 7.06. The van der Waals surface area contributed by atoms with E-state index < -0.39 is 0 Å². The summed E-state index contributed by atoms with van der Waals surface area (Å²) in [7, 11) is 0. The molecule has 2 aromatic rings. The molecule has 1 amide bonds. The van der Waals surface area contributed by atoms with Crippen molar-refractivity contribution >= 4 is 5.91 Å². The van der Waals surface area contributed by atoms with Crippen LogP contribution in [0.1, 0.15) is 53.6 Å². The van der Waals surface area contributed by atoms with Crippen LogP contribution in [-0.4, -0.2) is 17.0 Å². The summed E-state index contributed by atoms with van der Waals surface area (Å²) in [5, 5.41) is 2.96. The molecular formula is C21H26N2O2. The highest BCUT2D eigenvalue weighted by Gasteiger charge is 2.17. The first-order valence-electron chi connectivity index (χ1n) is 9.16. The molecule has 1 aliphatic rings. The van der Waals surface area contributed by atoms with Crippen molar-refractivity contribution in [3.63, 3.8) is 0 Å². The van der Waals surface area contributed by atoms with Crippen LogP contribution in [0.3, 0.4) is 0 Å². The lowest BCUT2D eigenvalue weighted by molar-refractivity contribution is 0.0941. The number of hydrogen-bond donors (Lipinski definition) is 1. The molecule has 0 bridgehead atoms. The lowest BCUT2D eigenvalue weighted by Gasteiger charge is -2.21. The molecule has 4 heteroatoms. The van der Waals surface area contributed by atoms with Gasteiger partial charge in [-0.2, -0.15) is 0 Å². The average molecular weight is 338 g/mol. The summed E-state index contributed by atoms with van der Waals surface area (Å²) in [5.41, 5.74) is 2.21. The van der Waals surface area contributed by atoms with E-state index in [0.29, 0.717) is 19.0 Å². The van der Waals surface area contributed by atoms with Gasteiger partial charge in [-0.15, -0.1) is 0 Å². The molecule has 4 nitrogen and oxygen atoms in total. The molecule has 1 fully saturated rings. The Labute approximate surface area is 148 Å². The molecule has 0 unspecified atom stereocenters. The first kappa shape index (κ1) is 17.5. The molecule has 0 radical (unpaired) electrons. The van der Waals surface area contributed by atoms with Crippen molar-refractivity contribution in [3.8, 4) is 0 Å². The number of nitrogens with one attached hydrogen (secondary N) is 1. The Kier molecular flexibility index (Phi) is 5.69. The van der Waals surface area contributed by atoms with E-state index in [9.17, 15) is 9.59 Å². The van der Waals surface area contributed by atoms with Gasteiger partial charge in [0.15, 0.2) is 0 Å². The summed E-state index contributed by atoms with van der Waals surface area (Å²) in [6, 6.07) is 11.5. The van der Waals surface area contributed by atoms with Crippen molar-refractivity contribution in [2.45, 2.75) is 45.6 Å². The molecule has 0 spiro atoms. The van der Waals surface area contributed by atoms with Gasteiger partial charge in [-0.05, 0) is 43.4 Å². The molecule has 1 saturated carbocycles. The molecule has 1 aromatic heterocycles. The summed E-state index contributed by atoms with van der Waals surface area (Å²) in [6.07, 6.45) is 7.87. The first-order chi connectivity index (χ1) is 12.1. The van der Waals surface area contributed by atoms with E-state index in [1.165, 1.54) is 32.1 Å². The zero-order valence-corrected chi connectivity index (χ0v) is 14.8. The van der Waals surface area contributed by atoms with Gasteiger partial charge in [0.2, 0.25) is 0 Å². The van der Waals surface area contributed by atoms with E-state index in [4.69, 9.17) is 0 Å². The molecule has 132 valence electrons. The van der Waals surface area contributed by atoms with Crippen molar-refractivity contribution in [1.29, 1.82) is 0 Å². The Hall–Kier alpha value is -2.36. The summed E-state index contributed by atoms with van der Waals surface area (Å²) in [5.74, 6) is 0.296. The van der Waals surface area contributed by atoms with E-state index in [2.05, 4.69) is 11.4 Å². The van der Waals surface area contributed by atoms with E-state index in [1.807, 2.05) is 25.1 Å². The Morgan fingerprint density at radius 1 is 1.16 bits per heavy atom. The highest BCUT2D eigenvalue weighted by atomic mass is 16.2. The molecule has 1 heterocycles. The number of rotatable bonds is 5. The number of aryl methyl sites for hydroxylation is 1. The topological polar surface area (TPSA) is 51.1 Å². The third-order valence-corrected chi connectivity index (χ3v) is 4.98. The fourth-order valence-corrected chi connectivity index (χ4v) is 3.56. The SMILES string of the molecule is Cc1cccc(Cn2cccc(C(=O)NCC3CCCCC3)c2=O)c1. The van der Waals surface area contributed by atoms with Crippen LogP contribution in [0.25, 0.3) is 0 Å². The van der Waals surface area contributed by atoms with Crippen LogP contribution in [0, 0.1) is 12.8 Å². The van der Waals surface area contributed by atoms with Gasteiger partial charge in [-0.1, -0.05) is 49.1 Å². The lowest BCUT2D eigenvalue weighted by Crippen LogP contribution is -2.35. The van der Waals surface area contributed by atoms with Crippen molar-refractivity contribution in [2.75, 3.05) is 6.54 Å². The molecule has 1 aliphatic carbocycles. The number of carbonyl (C=O) groups is 1. The minimum absolute atomic E-state index is 0.228. The highest BCUT2D eigenvalue weighted by molar-refractivity contribution is 5.93. The maximum Gasteiger partial charge on any atom is 0.263 e. The van der Waals surface area contributed by atoms with Crippen molar-refractivity contribution in [2.24, 2.45) is 5.92 Å². The Bertz CT molecular complexity index is 788. The van der Waals surface area contributed by atoms with Crippen LogP contribution in [-0.2, 0) is 6.54 Å². The van der Waals surface area contributed by atoms with Crippen LogP contribution in [0.5, 0.6) is 0 Å². The second kappa shape index (κ2) is 8.15. The fraction of sp³-hybridized carbons (Fsp3) is 0.429. The molecule has 0 saturated heterocycles. The van der Waals surface area contributed by atoms with Crippen molar-refractivity contribution in [1.82, 2.24) is 9.88 Å². The Morgan fingerprint density at radius 2 is 1.96 bits per heavy atom. The summed E-state index contributed by atoms with van der Waals surface area (Å²) < 4.78 is 1.60. The molecule has 25 heavy (non-hydrogen) atoms. The average Bonchev–Trinajstić information content (AvgIpc) is 2.62. The molecular weight excluding hydrogens is 312 g/mol. The quantitative estimate of drug-likeness (QED) is 0.907. The van der Waals surface area contributed by atoms with Crippen LogP contribution in [0.2, 0.25) is 0 Å². The standard InChI is InChI=1S/C21H26N2O2/c1-16-7-5-10-18(13-16)15-23-12-6-11-19(21(23)25)20(24)22-14-17-8-3-2-4-9-17/h5-7,10-13,17H,2-4,8-9,14-15H2,1H3,(H,22,24). The number of benzene rings is 1. The number of nitrogens with zero attached hydrogens (tertiary/aromatic N) is 1. The maximum absolute atomic E-state index is 12.7. The largest absolute Gasteiger partial charge is 0.352 e. The number of aromatic nitrogens is 1. The van der Waals surface area contributed by atoms with Gasteiger partial charge in [0.1, 0.15) is 5.56 Å². The van der Waals surface area contributed by atoms with Gasteiger partial charge in [-0.3, -0.25) is 9.59 Å². The summed E-state index contributed by atoms with van der Waals surface area (Å²) in [4.78, 5) is 25.1. The third-order valence-electron chi connectivity index (χ3n) is 4.98. The summed E-state index contributed by atoms with van der Waals surface area (Å²) >= 11 is 0. The van der Waals surface area contributed by atoms with E-state index in [0.717, 1.165) is 11.1 Å². The molecule has 1 aromatic carbocycles. The predicted octanol–water partition coefficient (Wildman–Crippen LogP) is 3.52. The predicted molar refractivity (Wildman–Crippen MR) is 99.9 cm³/mol. The molecule has 3 rings (SSSR count). The maximum atomic E-state index is 12.7.